The zero-order chi connectivity index (χ0) is 105. The molecule has 0 spiro atoms. The molecule has 4 aliphatic carbocycles. The SMILES string of the molecule is C=C(C)C1CC=C(C)CC1c1c(O)cc(CCCCC)c(C(=O)NCCOCCOCCOCCOCCOCCOCCOCCNC(=O)c2c(CCCCC)cc(O)c(C3CC(C)=CCC3C(=C)C)c2O)c1O.C=C(C)C1CCC(C)=CC1c1c(O)cc(CCCCC)c(C(=O)NCCCCOCCOCCOCCOCCCNC(=O)c2c(CCCCC)cc(O)c(C3C=C(C)CCC3C(=C)C)c2O)c1O. The van der Waals surface area contributed by atoms with Crippen LogP contribution in [0.1, 0.15) is 340 Å². The molecular weight excluding hydrogens is 1830 g/mol. The summed E-state index contributed by atoms with van der Waals surface area (Å²) in [6.45, 7) is 51.4. The van der Waals surface area contributed by atoms with Crippen LogP contribution in [0.2, 0.25) is 0 Å². The molecule has 12 N–H and O–H groups in total. The molecule has 0 radical (unpaired) electrons. The highest BCUT2D eigenvalue weighted by Crippen LogP contribution is 2.54. The lowest BCUT2D eigenvalue weighted by atomic mass is 9.72. The maximum atomic E-state index is 13.6. The molecule has 8 rings (SSSR count). The van der Waals surface area contributed by atoms with Gasteiger partial charge in [-0.2, -0.15) is 0 Å². The van der Waals surface area contributed by atoms with E-state index in [9.17, 15) is 60.0 Å². The first kappa shape index (κ1) is 122. The zero-order valence-electron chi connectivity index (χ0n) is 89.2. The van der Waals surface area contributed by atoms with E-state index in [0.717, 1.165) is 144 Å². The molecule has 804 valence electrons. The largest absolute Gasteiger partial charge is 0.508 e. The minimum absolute atomic E-state index is 0.0230. The van der Waals surface area contributed by atoms with Gasteiger partial charge in [-0.15, -0.1) is 0 Å². The van der Waals surface area contributed by atoms with Crippen molar-refractivity contribution in [1.82, 2.24) is 21.3 Å². The number of benzene rings is 4. The Morgan fingerprint density at radius 2 is 0.542 bits per heavy atom. The molecule has 0 fully saturated rings. The van der Waals surface area contributed by atoms with Crippen LogP contribution >= 0.6 is 0 Å². The monoisotopic (exact) mass is 2010 g/mol. The number of phenols is 8. The minimum atomic E-state index is -0.385. The molecule has 0 saturated carbocycles. The molecule has 0 saturated heterocycles. The Bertz CT molecular complexity index is 4520. The Morgan fingerprint density at radius 3 is 0.819 bits per heavy atom. The molecule has 27 heteroatoms. The summed E-state index contributed by atoms with van der Waals surface area (Å²) in [5.74, 6) is -2.53. The van der Waals surface area contributed by atoms with Gasteiger partial charge in [0.1, 0.15) is 46.0 Å². The van der Waals surface area contributed by atoms with Gasteiger partial charge in [0.15, 0.2) is 0 Å². The van der Waals surface area contributed by atoms with Gasteiger partial charge < -0.3 is 114 Å². The summed E-state index contributed by atoms with van der Waals surface area (Å²) in [7, 11) is 0. The summed E-state index contributed by atoms with van der Waals surface area (Å²) >= 11 is 0. The van der Waals surface area contributed by atoms with Crippen molar-refractivity contribution in [2.45, 2.75) is 280 Å². The van der Waals surface area contributed by atoms with E-state index in [4.69, 9.17) is 52.1 Å². The van der Waals surface area contributed by atoms with Crippen LogP contribution < -0.4 is 21.3 Å². The van der Waals surface area contributed by atoms with Gasteiger partial charge in [0.2, 0.25) is 0 Å². The van der Waals surface area contributed by atoms with E-state index >= 15 is 0 Å². The number of aryl methyl sites for hydroxylation is 4. The zero-order valence-corrected chi connectivity index (χ0v) is 89.2. The van der Waals surface area contributed by atoms with Crippen molar-refractivity contribution < 1.29 is 112 Å². The Kier molecular flexibility index (Phi) is 57.0. The van der Waals surface area contributed by atoms with Gasteiger partial charge in [-0.25, -0.2) is 0 Å². The number of carbonyl (C=O) groups excluding carboxylic acids is 4. The first-order valence-electron chi connectivity index (χ1n) is 53.5. The highest BCUT2D eigenvalue weighted by atomic mass is 16.6. The summed E-state index contributed by atoms with van der Waals surface area (Å²) in [6, 6.07) is 6.69. The number of amides is 4. The predicted molar refractivity (Wildman–Crippen MR) is 570 cm³/mol. The lowest BCUT2D eigenvalue weighted by Crippen LogP contribution is -2.29. The van der Waals surface area contributed by atoms with Gasteiger partial charge in [-0.05, 0) is 248 Å². The lowest BCUT2D eigenvalue weighted by Gasteiger charge is -2.33. The van der Waals surface area contributed by atoms with Crippen molar-refractivity contribution in [3.63, 3.8) is 0 Å². The van der Waals surface area contributed by atoms with Gasteiger partial charge in [0.05, 0.1) is 154 Å². The van der Waals surface area contributed by atoms with E-state index < -0.39 is 0 Å². The number of hydrogen-bond donors (Lipinski definition) is 12. The topological polar surface area (TPSA) is 380 Å². The number of aromatic hydroxyl groups is 8. The van der Waals surface area contributed by atoms with Crippen molar-refractivity contribution in [1.29, 1.82) is 0 Å². The van der Waals surface area contributed by atoms with E-state index in [1.54, 1.807) is 24.3 Å². The third kappa shape index (κ3) is 39.7. The molecule has 4 aromatic carbocycles. The average molecular weight is 2010 g/mol. The highest BCUT2D eigenvalue weighted by Gasteiger charge is 2.39. The molecule has 0 aromatic heterocycles. The van der Waals surface area contributed by atoms with Crippen molar-refractivity contribution in [3.8, 4) is 46.0 Å². The van der Waals surface area contributed by atoms with Crippen LogP contribution in [0, 0.1) is 23.7 Å². The molecule has 0 aliphatic heterocycles. The molecule has 8 unspecified atom stereocenters. The summed E-state index contributed by atoms with van der Waals surface area (Å²) in [6.07, 6.45) is 30.9. The average Bonchev–Trinajstić information content (AvgIpc) is 0.779. The van der Waals surface area contributed by atoms with Crippen LogP contribution in [-0.4, -0.2) is 236 Å². The lowest BCUT2D eigenvalue weighted by molar-refractivity contribution is -0.0202. The maximum Gasteiger partial charge on any atom is 0.255 e. The highest BCUT2D eigenvalue weighted by molar-refractivity contribution is 6.01. The van der Waals surface area contributed by atoms with Gasteiger partial charge in [0, 0.05) is 85.3 Å². The Morgan fingerprint density at radius 1 is 0.299 bits per heavy atom. The molecule has 4 aromatic rings. The number of hydrogen-bond acceptors (Lipinski definition) is 23. The minimum Gasteiger partial charge on any atom is -0.508 e. The molecular formula is C117H178N4O23. The second-order valence-corrected chi connectivity index (χ2v) is 39.6. The van der Waals surface area contributed by atoms with Crippen molar-refractivity contribution >= 4 is 23.6 Å². The molecule has 144 heavy (non-hydrogen) atoms. The van der Waals surface area contributed by atoms with Gasteiger partial charge >= 0.3 is 0 Å². The molecule has 4 aliphatic rings. The Balaban J connectivity index is 0.000000392. The number of allylic oxidation sites excluding steroid dienone is 12. The summed E-state index contributed by atoms with van der Waals surface area (Å²) < 4.78 is 62.0. The molecule has 8 atom stereocenters. The second kappa shape index (κ2) is 67.5. The predicted octanol–water partition coefficient (Wildman–Crippen LogP) is 21.7. The van der Waals surface area contributed by atoms with Crippen LogP contribution in [0.15, 0.2) is 119 Å². The number of phenolic OH excluding ortho intramolecular Hbond substituents is 8. The fraction of sp³-hybridized carbons (Fsp3) is 0.624. The summed E-state index contributed by atoms with van der Waals surface area (Å²) in [5, 5.41) is 103. The fourth-order valence-corrected chi connectivity index (χ4v) is 19.9. The first-order valence-corrected chi connectivity index (χ1v) is 53.5. The van der Waals surface area contributed by atoms with Crippen LogP contribution in [0.3, 0.4) is 0 Å². The van der Waals surface area contributed by atoms with Crippen LogP contribution in [-0.2, 0) is 77.8 Å². The van der Waals surface area contributed by atoms with E-state index in [1.807, 2.05) is 27.7 Å². The fourth-order valence-electron chi connectivity index (χ4n) is 19.9. The molecule has 0 bridgehead atoms. The van der Waals surface area contributed by atoms with E-state index in [0.29, 0.717) is 241 Å². The van der Waals surface area contributed by atoms with Crippen molar-refractivity contribution in [2.24, 2.45) is 23.7 Å². The van der Waals surface area contributed by atoms with Gasteiger partial charge in [-0.3, -0.25) is 19.2 Å². The van der Waals surface area contributed by atoms with Gasteiger partial charge in [0.25, 0.3) is 23.6 Å². The maximum absolute atomic E-state index is 13.6. The second-order valence-electron chi connectivity index (χ2n) is 39.6. The molecule has 0 heterocycles. The van der Waals surface area contributed by atoms with E-state index in [-0.39, 0.29) is 166 Å². The van der Waals surface area contributed by atoms with Crippen LogP contribution in [0.5, 0.6) is 46.0 Å². The summed E-state index contributed by atoms with van der Waals surface area (Å²) in [4.78, 5) is 54.4. The Labute approximate surface area is 859 Å². The van der Waals surface area contributed by atoms with Crippen molar-refractivity contribution in [2.75, 3.05) is 172 Å². The van der Waals surface area contributed by atoms with Crippen molar-refractivity contribution in [3.05, 3.63) is 186 Å². The van der Waals surface area contributed by atoms with E-state index in [1.165, 1.54) is 22.3 Å². The smallest absolute Gasteiger partial charge is 0.255 e. The third-order valence-electron chi connectivity index (χ3n) is 27.8. The number of rotatable bonds is 70. The normalized spacial score (nSPS) is 17.9. The van der Waals surface area contributed by atoms with Crippen LogP contribution in [0.25, 0.3) is 0 Å². The van der Waals surface area contributed by atoms with Crippen LogP contribution in [0.4, 0.5) is 0 Å². The first-order chi connectivity index (χ1) is 69.4. The quantitative estimate of drug-likeness (QED) is 0.0144. The third-order valence-corrected chi connectivity index (χ3v) is 27.8. The molecule has 27 nitrogen and oxygen atoms in total. The van der Waals surface area contributed by atoms with E-state index in [2.05, 4.69) is 127 Å². The number of nitrogens with one attached hydrogen (secondary N) is 4. The summed E-state index contributed by atoms with van der Waals surface area (Å²) in [5.41, 5.74) is 13.9. The number of carbonyl (C=O) groups is 4. The van der Waals surface area contributed by atoms with Gasteiger partial charge in [-0.1, -0.05) is 174 Å². The standard InChI is InChI=1S/C60H92N2O13.C57H86N2O10/c1-9-11-13-15-45-39-51(63)55(49-37-43(7)17-19-47(49)41(3)4)57(65)53(45)59(67)61-21-23-69-25-27-71-29-31-73-33-35-75-36-34-74-32-30-72-28-26-70-24-22-62-60(68)54-46(16-14-12-10-2)40-52(64)56(58(54)66)50-38-44(8)18-20-48(50)42(5)6;1-9-11-13-18-42-36-48(60)52(46-34-40(7)20-22-44(46)38(3)4)54(62)50(42)56(64)58-24-15-16-26-66-28-30-68-32-33-69-31-29-67-27-17-25-59-57(65)51-43(19-14-12-10-2)37-49(61)53(55(51)63)47-35-41(8)21-23-45(47)39(5)6/h17-18,39-40,47-50,63-66H,3,5,9-16,19-38H2,1-2,4,6-8H3,(H,61,67)(H,62,68);34-37,44-47,60-63H,3,5,9-33H2,1-2,4,6-8H3,(H,58,64)(H,59,65). The number of ether oxygens (including phenoxy) is 11. The Hall–Kier alpha value is -9.36. The number of unbranched alkanes of at least 4 members (excludes halogenated alkanes) is 9. The molecule has 4 amide bonds.